The van der Waals surface area contributed by atoms with Crippen LogP contribution < -0.4 is 0 Å². The van der Waals surface area contributed by atoms with Gasteiger partial charge < -0.3 is 4.57 Å². The van der Waals surface area contributed by atoms with Gasteiger partial charge in [-0.15, -0.1) is 0 Å². The van der Waals surface area contributed by atoms with Gasteiger partial charge >= 0.3 is 0 Å². The molecule has 0 amide bonds. The normalized spacial score (nSPS) is 13.6. The molecule has 0 aliphatic carbocycles. The quantitative estimate of drug-likeness (QED) is 0.107. The molecule has 41 heavy (non-hydrogen) atoms. The lowest BCUT2D eigenvalue weighted by atomic mass is 9.66. The Labute approximate surface area is 250 Å². The Kier molecular flexibility index (Phi) is 12.8. The van der Waals surface area contributed by atoms with Crippen molar-refractivity contribution in [1.82, 2.24) is 9.55 Å². The molecule has 218 valence electrons. The number of unbranched alkanes of at least 4 members (excludes halogenated alkanes) is 11. The third-order valence-electron chi connectivity index (χ3n) is 8.98. The number of hydrogen-bond donors (Lipinski definition) is 0. The van der Waals surface area contributed by atoms with Crippen LogP contribution in [-0.2, 0) is 11.8 Å². The Bertz CT molecular complexity index is 1210. The van der Waals surface area contributed by atoms with E-state index in [1.807, 2.05) is 6.20 Å². The third-order valence-corrected chi connectivity index (χ3v) is 8.98. The van der Waals surface area contributed by atoms with Crippen molar-refractivity contribution < 1.29 is 0 Å². The van der Waals surface area contributed by atoms with Crippen LogP contribution >= 0.6 is 0 Å². The van der Waals surface area contributed by atoms with Crippen molar-refractivity contribution in [3.8, 4) is 5.69 Å². The van der Waals surface area contributed by atoms with Crippen molar-refractivity contribution in [3.05, 3.63) is 120 Å². The molecule has 0 N–H and O–H groups in total. The van der Waals surface area contributed by atoms with E-state index in [1.54, 1.807) is 0 Å². The molecule has 0 saturated carbocycles. The highest BCUT2D eigenvalue weighted by atomic mass is 15.1. The number of rotatable bonds is 19. The van der Waals surface area contributed by atoms with Gasteiger partial charge in [0.1, 0.15) is 5.82 Å². The molecule has 2 heteroatoms. The molecule has 0 aliphatic rings. The molecular weight excluding hydrogens is 496 g/mol. The molecule has 1 heterocycles. The first kappa shape index (κ1) is 30.8. The second-order valence-electron chi connectivity index (χ2n) is 12.2. The van der Waals surface area contributed by atoms with Gasteiger partial charge in [0.05, 0.1) is 0 Å². The molecule has 2 unspecified atom stereocenters. The zero-order valence-corrected chi connectivity index (χ0v) is 25.7. The smallest absolute Gasteiger partial charge is 0.117 e. The SMILES string of the molecule is CCCCCCCCCCCCCCC(c1nccn1-c1ccccc1)C(C)(Cc1ccccc1)c1ccccc1. The summed E-state index contributed by atoms with van der Waals surface area (Å²) < 4.78 is 2.33. The molecule has 1 aromatic heterocycles. The molecule has 0 spiro atoms. The zero-order chi connectivity index (χ0) is 28.6. The Morgan fingerprint density at radius 3 is 1.73 bits per heavy atom. The number of imidazole rings is 1. The average Bonchev–Trinajstić information content (AvgIpc) is 3.50. The topological polar surface area (TPSA) is 17.8 Å². The van der Waals surface area contributed by atoms with Crippen molar-refractivity contribution in [1.29, 1.82) is 0 Å². The summed E-state index contributed by atoms with van der Waals surface area (Å²) in [5.74, 6) is 1.48. The molecule has 0 fully saturated rings. The minimum atomic E-state index is -0.0850. The highest BCUT2D eigenvalue weighted by molar-refractivity contribution is 5.37. The molecule has 0 saturated heterocycles. The molecular formula is C39H52N2. The third kappa shape index (κ3) is 9.18. The van der Waals surface area contributed by atoms with Crippen LogP contribution in [0, 0.1) is 0 Å². The van der Waals surface area contributed by atoms with Crippen LogP contribution in [-0.4, -0.2) is 9.55 Å². The second kappa shape index (κ2) is 17.0. The van der Waals surface area contributed by atoms with Crippen molar-refractivity contribution in [3.63, 3.8) is 0 Å². The lowest BCUT2D eigenvalue weighted by Crippen LogP contribution is -2.35. The first-order valence-corrected chi connectivity index (χ1v) is 16.4. The monoisotopic (exact) mass is 548 g/mol. The zero-order valence-electron chi connectivity index (χ0n) is 25.7. The average molecular weight is 549 g/mol. The van der Waals surface area contributed by atoms with E-state index >= 15 is 0 Å². The van der Waals surface area contributed by atoms with Crippen molar-refractivity contribution in [2.75, 3.05) is 0 Å². The number of para-hydroxylation sites is 1. The Morgan fingerprint density at radius 1 is 0.634 bits per heavy atom. The van der Waals surface area contributed by atoms with E-state index in [9.17, 15) is 0 Å². The molecule has 0 bridgehead atoms. The molecule has 2 atom stereocenters. The van der Waals surface area contributed by atoms with Crippen LogP contribution in [0.1, 0.15) is 120 Å². The lowest BCUT2D eigenvalue weighted by molar-refractivity contribution is 0.328. The highest BCUT2D eigenvalue weighted by Gasteiger charge is 2.39. The minimum absolute atomic E-state index is 0.0850. The highest BCUT2D eigenvalue weighted by Crippen LogP contribution is 2.44. The van der Waals surface area contributed by atoms with Gasteiger partial charge in [-0.2, -0.15) is 0 Å². The van der Waals surface area contributed by atoms with E-state index in [0.717, 1.165) is 12.8 Å². The van der Waals surface area contributed by atoms with E-state index in [1.165, 1.54) is 99.7 Å². The molecule has 3 aromatic carbocycles. The molecule has 2 nitrogen and oxygen atoms in total. The maximum atomic E-state index is 5.06. The molecule has 0 aliphatic heterocycles. The summed E-state index contributed by atoms with van der Waals surface area (Å²) in [5.41, 5.74) is 3.89. The summed E-state index contributed by atoms with van der Waals surface area (Å²) in [6, 6.07) is 33.0. The summed E-state index contributed by atoms with van der Waals surface area (Å²) >= 11 is 0. The Balaban J connectivity index is 1.48. The van der Waals surface area contributed by atoms with E-state index in [4.69, 9.17) is 4.98 Å². The fraction of sp³-hybridized carbons (Fsp3) is 0.462. The van der Waals surface area contributed by atoms with E-state index in [0.29, 0.717) is 5.92 Å². The van der Waals surface area contributed by atoms with Gasteiger partial charge in [0, 0.05) is 29.4 Å². The van der Waals surface area contributed by atoms with Gasteiger partial charge in [-0.3, -0.25) is 0 Å². The van der Waals surface area contributed by atoms with Gasteiger partial charge in [0.2, 0.25) is 0 Å². The van der Waals surface area contributed by atoms with Crippen LogP contribution in [0.15, 0.2) is 103 Å². The molecule has 4 rings (SSSR count). The van der Waals surface area contributed by atoms with E-state index < -0.39 is 0 Å². The number of nitrogens with zero attached hydrogens (tertiary/aromatic N) is 2. The lowest BCUT2D eigenvalue weighted by Gasteiger charge is -2.39. The van der Waals surface area contributed by atoms with Crippen LogP contribution in [0.5, 0.6) is 0 Å². The minimum Gasteiger partial charge on any atom is -0.304 e. The van der Waals surface area contributed by atoms with Crippen molar-refractivity contribution >= 4 is 0 Å². The van der Waals surface area contributed by atoms with Gasteiger partial charge in [-0.05, 0) is 36.1 Å². The van der Waals surface area contributed by atoms with E-state index in [2.05, 4.69) is 116 Å². The first-order valence-electron chi connectivity index (χ1n) is 16.4. The summed E-state index contributed by atoms with van der Waals surface area (Å²) in [7, 11) is 0. The van der Waals surface area contributed by atoms with Gasteiger partial charge in [-0.1, -0.05) is 170 Å². The summed E-state index contributed by atoms with van der Waals surface area (Å²) in [6.45, 7) is 4.77. The summed E-state index contributed by atoms with van der Waals surface area (Å²) in [5, 5.41) is 0. The Morgan fingerprint density at radius 2 is 1.15 bits per heavy atom. The van der Waals surface area contributed by atoms with Crippen LogP contribution in [0.4, 0.5) is 0 Å². The van der Waals surface area contributed by atoms with Crippen LogP contribution in [0.2, 0.25) is 0 Å². The second-order valence-corrected chi connectivity index (χ2v) is 12.2. The van der Waals surface area contributed by atoms with Crippen molar-refractivity contribution in [2.45, 2.75) is 115 Å². The fourth-order valence-electron chi connectivity index (χ4n) is 6.57. The number of hydrogen-bond acceptors (Lipinski definition) is 1. The van der Waals surface area contributed by atoms with Crippen molar-refractivity contribution in [2.24, 2.45) is 0 Å². The van der Waals surface area contributed by atoms with Gasteiger partial charge in [0.25, 0.3) is 0 Å². The maximum Gasteiger partial charge on any atom is 0.117 e. The molecule has 4 aromatic rings. The standard InChI is InChI=1S/C39H52N2/c1-3-4-5-6-7-8-9-10-11-12-13-23-30-37(38-40-31-32-41(38)36-28-21-16-22-29-36)39(2,35-26-19-15-20-27-35)33-34-24-17-14-18-25-34/h14-22,24-29,31-32,37H,3-13,23,30,33H2,1-2H3. The fourth-order valence-corrected chi connectivity index (χ4v) is 6.57. The predicted molar refractivity (Wildman–Crippen MR) is 176 cm³/mol. The van der Waals surface area contributed by atoms with Crippen LogP contribution in [0.3, 0.4) is 0 Å². The summed E-state index contributed by atoms with van der Waals surface area (Å²) in [4.78, 5) is 5.06. The summed E-state index contributed by atoms with van der Waals surface area (Å²) in [6.07, 6.45) is 22.8. The van der Waals surface area contributed by atoms with Gasteiger partial charge in [0.15, 0.2) is 0 Å². The maximum absolute atomic E-state index is 5.06. The Hall–Kier alpha value is -3.13. The van der Waals surface area contributed by atoms with E-state index in [-0.39, 0.29) is 5.41 Å². The first-order chi connectivity index (χ1) is 20.2. The van der Waals surface area contributed by atoms with Gasteiger partial charge in [-0.25, -0.2) is 4.98 Å². The van der Waals surface area contributed by atoms with Crippen LogP contribution in [0.25, 0.3) is 5.69 Å². The number of benzene rings is 3. The predicted octanol–water partition coefficient (Wildman–Crippen LogP) is 11.2. The number of aromatic nitrogens is 2. The molecule has 0 radical (unpaired) electrons. The largest absolute Gasteiger partial charge is 0.304 e.